The Kier molecular flexibility index (Phi) is 5.82. The second kappa shape index (κ2) is 8.11. The molecule has 138 valence electrons. The summed E-state index contributed by atoms with van der Waals surface area (Å²) < 4.78 is 2.71. The van der Waals surface area contributed by atoms with Crippen molar-refractivity contribution in [1.82, 2.24) is 4.57 Å². The molecule has 2 aromatic carbocycles. The van der Waals surface area contributed by atoms with Crippen LogP contribution in [0.1, 0.15) is 27.3 Å². The van der Waals surface area contributed by atoms with Crippen LogP contribution in [0.15, 0.2) is 63.9 Å². The Balaban J connectivity index is 1.98. The minimum atomic E-state index is -0.422. The minimum Gasteiger partial charge on any atom is -0.344 e. The van der Waals surface area contributed by atoms with Crippen molar-refractivity contribution in [2.45, 2.75) is 20.4 Å². The summed E-state index contributed by atoms with van der Waals surface area (Å²) in [5.41, 5.74) is 2.93. The van der Waals surface area contributed by atoms with Crippen LogP contribution in [0.4, 0.5) is 5.69 Å². The molecule has 0 radical (unpaired) electrons. The number of pyridine rings is 1. The van der Waals surface area contributed by atoms with E-state index in [1.165, 1.54) is 6.07 Å². The first kappa shape index (κ1) is 19.4. The van der Waals surface area contributed by atoms with E-state index in [2.05, 4.69) is 21.2 Å². The van der Waals surface area contributed by atoms with Crippen molar-refractivity contribution in [2.75, 3.05) is 5.32 Å². The molecule has 0 saturated carbocycles. The zero-order chi connectivity index (χ0) is 19.6. The number of nitrogens with zero attached hydrogens (tertiary/aromatic N) is 1. The fraction of sp³-hybridized carbons (Fsp3) is 0.143. The number of nitrogens with one attached hydrogen (secondary N) is 1. The van der Waals surface area contributed by atoms with Gasteiger partial charge in [-0.05, 0) is 59.6 Å². The number of aromatic nitrogens is 1. The molecule has 3 aromatic rings. The van der Waals surface area contributed by atoms with Gasteiger partial charge in [-0.3, -0.25) is 9.59 Å². The zero-order valence-corrected chi connectivity index (χ0v) is 17.3. The molecule has 1 amide bonds. The van der Waals surface area contributed by atoms with Crippen LogP contribution in [0.5, 0.6) is 0 Å². The summed E-state index contributed by atoms with van der Waals surface area (Å²) in [6, 6.07) is 16.3. The third kappa shape index (κ3) is 4.31. The smallest absolute Gasteiger partial charge is 0.261 e. The van der Waals surface area contributed by atoms with E-state index in [-0.39, 0.29) is 11.0 Å². The highest BCUT2D eigenvalue weighted by atomic mass is 79.9. The number of para-hydroxylation sites is 1. The van der Waals surface area contributed by atoms with Crippen molar-refractivity contribution >= 4 is 39.1 Å². The maximum absolute atomic E-state index is 12.8. The molecule has 0 spiro atoms. The monoisotopic (exact) mass is 444 g/mol. The van der Waals surface area contributed by atoms with E-state index in [9.17, 15) is 9.59 Å². The molecule has 0 fully saturated rings. The molecule has 0 bridgehead atoms. The highest BCUT2D eigenvalue weighted by molar-refractivity contribution is 9.10. The molecule has 0 aliphatic heterocycles. The van der Waals surface area contributed by atoms with Gasteiger partial charge in [-0.25, -0.2) is 0 Å². The average molecular weight is 446 g/mol. The van der Waals surface area contributed by atoms with Gasteiger partial charge in [-0.2, -0.15) is 0 Å². The van der Waals surface area contributed by atoms with Crippen LogP contribution in [-0.4, -0.2) is 10.5 Å². The predicted molar refractivity (Wildman–Crippen MR) is 113 cm³/mol. The number of carbonyl (C=O) groups is 1. The maximum atomic E-state index is 12.8. The normalized spacial score (nSPS) is 10.7. The highest BCUT2D eigenvalue weighted by Gasteiger charge is 2.18. The summed E-state index contributed by atoms with van der Waals surface area (Å²) in [5.74, 6) is -0.422. The molecule has 0 atom stereocenters. The first-order valence-corrected chi connectivity index (χ1v) is 9.55. The Bertz CT molecular complexity index is 1060. The Labute approximate surface area is 170 Å². The lowest BCUT2D eigenvalue weighted by molar-refractivity contribution is 0.102. The standard InChI is InChI=1S/C21H18BrClN2O2/c1-13-11-19(26)20(21(27)24-18-6-4-3-5-17(18)22)14(2)25(13)12-15-7-9-16(23)10-8-15/h3-11H,12H2,1-2H3,(H,24,27). The molecule has 0 saturated heterocycles. The van der Waals surface area contributed by atoms with Gasteiger partial charge < -0.3 is 9.88 Å². The van der Waals surface area contributed by atoms with Crippen LogP contribution in [-0.2, 0) is 6.54 Å². The molecular formula is C21H18BrClN2O2. The van der Waals surface area contributed by atoms with Gasteiger partial charge in [-0.1, -0.05) is 35.9 Å². The van der Waals surface area contributed by atoms with Gasteiger partial charge in [-0.15, -0.1) is 0 Å². The van der Waals surface area contributed by atoms with Gasteiger partial charge >= 0.3 is 0 Å². The number of anilines is 1. The second-order valence-corrected chi connectivity index (χ2v) is 7.55. The lowest BCUT2D eigenvalue weighted by atomic mass is 10.1. The highest BCUT2D eigenvalue weighted by Crippen LogP contribution is 2.22. The van der Waals surface area contributed by atoms with Gasteiger partial charge in [0.25, 0.3) is 5.91 Å². The molecule has 6 heteroatoms. The van der Waals surface area contributed by atoms with E-state index >= 15 is 0 Å². The molecular weight excluding hydrogens is 428 g/mol. The molecule has 1 N–H and O–H groups in total. The lowest BCUT2D eigenvalue weighted by Gasteiger charge is -2.18. The lowest BCUT2D eigenvalue weighted by Crippen LogP contribution is -2.27. The Hall–Kier alpha value is -2.37. The predicted octanol–water partition coefficient (Wildman–Crippen LogP) is 5.18. The van der Waals surface area contributed by atoms with Crippen molar-refractivity contribution in [3.63, 3.8) is 0 Å². The maximum Gasteiger partial charge on any atom is 0.261 e. The van der Waals surface area contributed by atoms with E-state index in [0.717, 1.165) is 15.7 Å². The fourth-order valence-electron chi connectivity index (χ4n) is 2.96. The first-order valence-electron chi connectivity index (χ1n) is 8.38. The number of aryl methyl sites for hydroxylation is 1. The molecule has 0 unspecified atom stereocenters. The van der Waals surface area contributed by atoms with Crippen LogP contribution >= 0.6 is 27.5 Å². The molecule has 27 heavy (non-hydrogen) atoms. The van der Waals surface area contributed by atoms with Crippen LogP contribution < -0.4 is 10.7 Å². The number of hydrogen-bond donors (Lipinski definition) is 1. The van der Waals surface area contributed by atoms with E-state index in [0.29, 0.717) is 22.9 Å². The number of hydrogen-bond acceptors (Lipinski definition) is 2. The summed E-state index contributed by atoms with van der Waals surface area (Å²) in [5, 5.41) is 3.48. The van der Waals surface area contributed by atoms with Crippen molar-refractivity contribution in [1.29, 1.82) is 0 Å². The number of halogens is 2. The fourth-order valence-corrected chi connectivity index (χ4v) is 3.47. The van der Waals surface area contributed by atoms with Crippen molar-refractivity contribution in [2.24, 2.45) is 0 Å². The zero-order valence-electron chi connectivity index (χ0n) is 14.9. The van der Waals surface area contributed by atoms with Gasteiger partial charge in [0, 0.05) is 33.5 Å². The van der Waals surface area contributed by atoms with Crippen LogP contribution in [0.2, 0.25) is 5.02 Å². The number of benzene rings is 2. The summed E-state index contributed by atoms with van der Waals surface area (Å²) >= 11 is 9.35. The summed E-state index contributed by atoms with van der Waals surface area (Å²) in [6.07, 6.45) is 0. The largest absolute Gasteiger partial charge is 0.344 e. The van der Waals surface area contributed by atoms with Crippen LogP contribution in [0.3, 0.4) is 0 Å². The van der Waals surface area contributed by atoms with Gasteiger partial charge in [0.05, 0.1) is 5.69 Å². The topological polar surface area (TPSA) is 51.1 Å². The molecule has 0 aliphatic rings. The third-order valence-electron chi connectivity index (χ3n) is 4.38. The van der Waals surface area contributed by atoms with Crippen LogP contribution in [0, 0.1) is 13.8 Å². The molecule has 0 aliphatic carbocycles. The molecule has 1 aromatic heterocycles. The third-order valence-corrected chi connectivity index (χ3v) is 5.33. The van der Waals surface area contributed by atoms with E-state index < -0.39 is 5.91 Å². The van der Waals surface area contributed by atoms with Gasteiger partial charge in [0.2, 0.25) is 0 Å². The molecule has 3 rings (SSSR count). The average Bonchev–Trinajstić information content (AvgIpc) is 2.62. The van der Waals surface area contributed by atoms with Crippen molar-refractivity contribution in [3.8, 4) is 0 Å². The van der Waals surface area contributed by atoms with Crippen molar-refractivity contribution in [3.05, 3.63) is 96.8 Å². The Morgan fingerprint density at radius 2 is 1.78 bits per heavy atom. The Morgan fingerprint density at radius 3 is 2.44 bits per heavy atom. The van der Waals surface area contributed by atoms with Crippen LogP contribution in [0.25, 0.3) is 0 Å². The summed E-state index contributed by atoms with van der Waals surface area (Å²) in [7, 11) is 0. The molecule has 4 nitrogen and oxygen atoms in total. The van der Waals surface area contributed by atoms with Crippen molar-refractivity contribution < 1.29 is 4.79 Å². The molecule has 1 heterocycles. The number of carbonyl (C=O) groups excluding carboxylic acids is 1. The summed E-state index contributed by atoms with van der Waals surface area (Å²) in [4.78, 5) is 25.3. The van der Waals surface area contributed by atoms with Gasteiger partial charge in [0.1, 0.15) is 5.56 Å². The van der Waals surface area contributed by atoms with E-state index in [1.807, 2.05) is 54.0 Å². The number of rotatable bonds is 4. The van der Waals surface area contributed by atoms with E-state index in [4.69, 9.17) is 11.6 Å². The quantitative estimate of drug-likeness (QED) is 0.601. The van der Waals surface area contributed by atoms with Gasteiger partial charge in [0.15, 0.2) is 5.43 Å². The Morgan fingerprint density at radius 1 is 1.11 bits per heavy atom. The SMILES string of the molecule is Cc1cc(=O)c(C(=O)Nc2ccccc2Br)c(C)n1Cc1ccc(Cl)cc1. The first-order chi connectivity index (χ1) is 12.9. The second-order valence-electron chi connectivity index (χ2n) is 6.26. The van der Waals surface area contributed by atoms with E-state index in [1.54, 1.807) is 13.0 Å². The summed E-state index contributed by atoms with van der Waals surface area (Å²) in [6.45, 7) is 4.20. The number of amides is 1. The minimum absolute atomic E-state index is 0.144.